The van der Waals surface area contributed by atoms with E-state index in [1.54, 1.807) is 18.2 Å². The lowest BCUT2D eigenvalue weighted by atomic mass is 10.1. The number of likely N-dealkylation sites (tertiary alicyclic amines) is 1. The van der Waals surface area contributed by atoms with Crippen molar-refractivity contribution in [3.8, 4) is 0 Å². The second-order valence-electron chi connectivity index (χ2n) is 6.05. The van der Waals surface area contributed by atoms with Crippen molar-refractivity contribution in [2.45, 2.75) is 32.3 Å². The van der Waals surface area contributed by atoms with E-state index < -0.39 is 0 Å². The first kappa shape index (κ1) is 16.9. The third-order valence-electron chi connectivity index (χ3n) is 4.21. The summed E-state index contributed by atoms with van der Waals surface area (Å²) in [6, 6.07) is 5.04. The van der Waals surface area contributed by atoms with Crippen LogP contribution in [-0.4, -0.2) is 46.6 Å². The summed E-state index contributed by atoms with van der Waals surface area (Å²) in [6.45, 7) is 4.14. The Hall–Kier alpha value is -1.99. The van der Waals surface area contributed by atoms with Crippen LogP contribution in [0.3, 0.4) is 0 Å². The number of H-pyrrole nitrogens is 2. The number of nitrogens with one attached hydrogen (secondary N) is 2. The Kier molecular flexibility index (Phi) is 5.11. The number of aromatic nitrogens is 2. The number of hydrogen-bond acceptors (Lipinski definition) is 4. The Morgan fingerprint density at radius 2 is 2.25 bits per heavy atom. The first-order chi connectivity index (χ1) is 11.6. The summed E-state index contributed by atoms with van der Waals surface area (Å²) in [4.78, 5) is 31.9. The predicted molar refractivity (Wildman–Crippen MR) is 94.9 cm³/mol. The lowest BCUT2D eigenvalue weighted by molar-refractivity contribution is 0.00212. The van der Waals surface area contributed by atoms with Crippen LogP contribution in [0.5, 0.6) is 0 Å². The lowest BCUT2D eigenvalue weighted by Crippen LogP contribution is -2.43. The van der Waals surface area contributed by atoms with Gasteiger partial charge in [-0.1, -0.05) is 6.92 Å². The zero-order valence-electron chi connectivity index (χ0n) is 13.6. The minimum atomic E-state index is -0.251. The van der Waals surface area contributed by atoms with Crippen LogP contribution in [-0.2, 0) is 4.74 Å². The van der Waals surface area contributed by atoms with Gasteiger partial charge in [0, 0.05) is 25.3 Å². The van der Waals surface area contributed by atoms with E-state index in [4.69, 9.17) is 17.0 Å². The van der Waals surface area contributed by atoms with Crippen molar-refractivity contribution in [1.29, 1.82) is 0 Å². The first-order valence-electron chi connectivity index (χ1n) is 8.25. The van der Waals surface area contributed by atoms with E-state index >= 15 is 0 Å². The topological polar surface area (TPSA) is 78.2 Å². The lowest BCUT2D eigenvalue weighted by Gasteiger charge is -2.32. The van der Waals surface area contributed by atoms with Crippen molar-refractivity contribution in [3.63, 3.8) is 0 Å². The van der Waals surface area contributed by atoms with Crippen LogP contribution in [0.15, 0.2) is 23.0 Å². The summed E-state index contributed by atoms with van der Waals surface area (Å²) in [7, 11) is 0. The van der Waals surface area contributed by atoms with E-state index in [-0.39, 0.29) is 22.3 Å². The minimum Gasteiger partial charge on any atom is -0.376 e. The first-order valence-corrected chi connectivity index (χ1v) is 8.66. The standard InChI is InChI=1S/C17H21N3O3S/c1-2-8-23-12-4-3-7-20(10-12)16(22)11-5-6-13-14(9-11)18-17(24)19-15(13)21/h5-6,9,12H,2-4,7-8,10H2,1H3,(H2,18,19,21,24). The van der Waals surface area contributed by atoms with E-state index in [0.717, 1.165) is 32.4 Å². The fourth-order valence-corrected chi connectivity index (χ4v) is 3.23. The Bertz CT molecular complexity index is 858. The van der Waals surface area contributed by atoms with Crippen LogP contribution in [0.2, 0.25) is 0 Å². The van der Waals surface area contributed by atoms with Gasteiger partial charge in [0.15, 0.2) is 4.77 Å². The van der Waals surface area contributed by atoms with E-state index in [1.165, 1.54) is 0 Å². The smallest absolute Gasteiger partial charge is 0.259 e. The fraction of sp³-hybridized carbons (Fsp3) is 0.471. The predicted octanol–water partition coefficient (Wildman–Crippen LogP) is 2.62. The summed E-state index contributed by atoms with van der Waals surface area (Å²) < 4.78 is 6.04. The van der Waals surface area contributed by atoms with Gasteiger partial charge in [-0.25, -0.2) is 0 Å². The Morgan fingerprint density at radius 1 is 1.42 bits per heavy atom. The van der Waals surface area contributed by atoms with Crippen LogP contribution in [0, 0.1) is 4.77 Å². The van der Waals surface area contributed by atoms with Crippen molar-refractivity contribution in [2.75, 3.05) is 19.7 Å². The molecule has 0 radical (unpaired) electrons. The highest BCUT2D eigenvalue weighted by molar-refractivity contribution is 7.71. The summed E-state index contributed by atoms with van der Waals surface area (Å²) in [5, 5.41) is 0.489. The third-order valence-corrected chi connectivity index (χ3v) is 4.41. The number of ether oxygens (including phenoxy) is 1. The number of rotatable bonds is 4. The molecule has 1 aliphatic rings. The molecule has 1 unspecified atom stereocenters. The van der Waals surface area contributed by atoms with Crippen molar-refractivity contribution in [1.82, 2.24) is 14.9 Å². The van der Waals surface area contributed by atoms with Crippen molar-refractivity contribution >= 4 is 29.0 Å². The van der Waals surface area contributed by atoms with Gasteiger partial charge in [0.2, 0.25) is 0 Å². The summed E-state index contributed by atoms with van der Waals surface area (Å²) in [5.41, 5.74) is 0.874. The molecule has 2 aromatic rings. The fourth-order valence-electron chi connectivity index (χ4n) is 3.03. The minimum absolute atomic E-state index is 0.0405. The maximum atomic E-state index is 12.8. The molecule has 1 saturated heterocycles. The normalized spacial score (nSPS) is 18.0. The van der Waals surface area contributed by atoms with Crippen LogP contribution in [0.1, 0.15) is 36.5 Å². The zero-order chi connectivity index (χ0) is 17.1. The zero-order valence-corrected chi connectivity index (χ0v) is 14.4. The number of nitrogens with zero attached hydrogens (tertiary/aromatic N) is 1. The molecule has 0 bridgehead atoms. The van der Waals surface area contributed by atoms with Gasteiger partial charge in [-0.05, 0) is 49.7 Å². The largest absolute Gasteiger partial charge is 0.376 e. The van der Waals surface area contributed by atoms with Gasteiger partial charge in [0.05, 0.1) is 17.0 Å². The van der Waals surface area contributed by atoms with Gasteiger partial charge in [0.1, 0.15) is 0 Å². The molecule has 1 aromatic heterocycles. The molecular formula is C17H21N3O3S. The van der Waals surface area contributed by atoms with Gasteiger partial charge < -0.3 is 14.6 Å². The van der Waals surface area contributed by atoms with Gasteiger partial charge in [-0.3, -0.25) is 14.6 Å². The quantitative estimate of drug-likeness (QED) is 0.834. The van der Waals surface area contributed by atoms with Gasteiger partial charge in [-0.15, -0.1) is 0 Å². The van der Waals surface area contributed by atoms with E-state index in [1.807, 2.05) is 4.90 Å². The molecule has 1 fully saturated rings. The Morgan fingerprint density at radius 3 is 3.04 bits per heavy atom. The maximum absolute atomic E-state index is 12.8. The highest BCUT2D eigenvalue weighted by Crippen LogP contribution is 2.18. The summed E-state index contributed by atoms with van der Waals surface area (Å²) in [6.07, 6.45) is 3.01. The Labute approximate surface area is 144 Å². The molecular weight excluding hydrogens is 326 g/mol. The van der Waals surface area contributed by atoms with Crippen LogP contribution < -0.4 is 5.56 Å². The molecule has 0 saturated carbocycles. The molecule has 1 atom stereocenters. The molecule has 7 heteroatoms. The number of aromatic amines is 2. The number of fused-ring (bicyclic) bond motifs is 1. The molecule has 2 N–H and O–H groups in total. The molecule has 1 aromatic carbocycles. The number of carbonyl (C=O) groups is 1. The highest BCUT2D eigenvalue weighted by atomic mass is 32.1. The van der Waals surface area contributed by atoms with Crippen LogP contribution >= 0.6 is 12.2 Å². The monoisotopic (exact) mass is 347 g/mol. The van der Waals surface area contributed by atoms with Gasteiger partial charge >= 0.3 is 0 Å². The summed E-state index contributed by atoms with van der Waals surface area (Å²) >= 11 is 4.99. The van der Waals surface area contributed by atoms with E-state index in [2.05, 4.69) is 16.9 Å². The Balaban J connectivity index is 1.83. The second kappa shape index (κ2) is 7.27. The molecule has 128 valence electrons. The van der Waals surface area contributed by atoms with Gasteiger partial charge in [-0.2, -0.15) is 0 Å². The van der Waals surface area contributed by atoms with E-state index in [9.17, 15) is 9.59 Å². The average molecular weight is 347 g/mol. The molecule has 1 aliphatic heterocycles. The highest BCUT2D eigenvalue weighted by Gasteiger charge is 2.25. The van der Waals surface area contributed by atoms with Crippen molar-refractivity contribution < 1.29 is 9.53 Å². The van der Waals surface area contributed by atoms with Crippen LogP contribution in [0.4, 0.5) is 0 Å². The molecule has 1 amide bonds. The molecule has 3 rings (SSSR count). The average Bonchev–Trinajstić information content (AvgIpc) is 2.59. The number of carbonyl (C=O) groups excluding carboxylic acids is 1. The molecule has 0 aliphatic carbocycles. The number of hydrogen-bond donors (Lipinski definition) is 2. The number of piperidine rings is 1. The number of benzene rings is 1. The molecule has 0 spiro atoms. The SMILES string of the molecule is CCCOC1CCCN(C(=O)c2ccc3c(=O)[nH]c(=S)[nH]c3c2)C1. The van der Waals surface area contributed by atoms with Gasteiger partial charge in [0.25, 0.3) is 11.5 Å². The number of amides is 1. The molecule has 24 heavy (non-hydrogen) atoms. The third kappa shape index (κ3) is 3.57. The van der Waals surface area contributed by atoms with E-state index in [0.29, 0.717) is 23.0 Å². The second-order valence-corrected chi connectivity index (χ2v) is 6.46. The van der Waals surface area contributed by atoms with Crippen LogP contribution in [0.25, 0.3) is 10.9 Å². The maximum Gasteiger partial charge on any atom is 0.259 e. The molecule has 2 heterocycles. The molecule has 6 nitrogen and oxygen atoms in total. The van der Waals surface area contributed by atoms with Crippen molar-refractivity contribution in [3.05, 3.63) is 38.9 Å². The summed E-state index contributed by atoms with van der Waals surface area (Å²) in [5.74, 6) is -0.0405. The van der Waals surface area contributed by atoms with Crippen molar-refractivity contribution in [2.24, 2.45) is 0 Å².